The van der Waals surface area contributed by atoms with E-state index in [2.05, 4.69) is 12.2 Å². The molecule has 0 radical (unpaired) electrons. The van der Waals surface area contributed by atoms with E-state index in [4.69, 9.17) is 14.6 Å². The summed E-state index contributed by atoms with van der Waals surface area (Å²) in [4.78, 5) is 0. The quantitative estimate of drug-likeness (QED) is 0.250. The number of hydrogen-bond acceptors (Lipinski definition) is 5. The molecule has 0 heterocycles. The number of ether oxygens (including phenoxy) is 2. The van der Waals surface area contributed by atoms with Gasteiger partial charge in [-0.2, -0.15) is 0 Å². The fourth-order valence-electron chi connectivity index (χ4n) is 2.43. The van der Waals surface area contributed by atoms with E-state index in [-0.39, 0.29) is 6.61 Å². The molecular weight excluding hydrogens is 294 g/mol. The van der Waals surface area contributed by atoms with Crippen LogP contribution in [0.4, 0.5) is 0 Å². The maximum atomic E-state index is 9.80. The molecule has 0 bridgehead atoms. The molecule has 23 heavy (non-hydrogen) atoms. The molecule has 0 aromatic heterocycles. The van der Waals surface area contributed by atoms with Gasteiger partial charge in [0.25, 0.3) is 0 Å². The third-order valence-corrected chi connectivity index (χ3v) is 3.82. The smallest absolute Gasteiger partial charge is 0.104 e. The van der Waals surface area contributed by atoms with Gasteiger partial charge in [-0.25, -0.2) is 0 Å². The van der Waals surface area contributed by atoms with Gasteiger partial charge in [0.2, 0.25) is 0 Å². The van der Waals surface area contributed by atoms with Gasteiger partial charge < -0.3 is 19.7 Å². The zero-order valence-corrected chi connectivity index (χ0v) is 15.1. The molecule has 140 valence electrons. The van der Waals surface area contributed by atoms with Crippen molar-refractivity contribution in [2.45, 2.75) is 77.4 Å². The van der Waals surface area contributed by atoms with E-state index in [0.717, 1.165) is 12.8 Å². The zero-order chi connectivity index (χ0) is 17.0. The molecule has 5 nitrogen and oxygen atoms in total. The normalized spacial score (nSPS) is 12.7. The van der Waals surface area contributed by atoms with E-state index >= 15 is 0 Å². The highest BCUT2D eigenvalue weighted by atomic mass is 16.5. The molecule has 1 unspecified atom stereocenters. The van der Waals surface area contributed by atoms with Gasteiger partial charge in [0, 0.05) is 6.54 Å². The third kappa shape index (κ3) is 19.8. The summed E-state index contributed by atoms with van der Waals surface area (Å²) in [6, 6.07) is 0. The molecule has 0 spiro atoms. The van der Waals surface area contributed by atoms with Gasteiger partial charge in [0.15, 0.2) is 0 Å². The van der Waals surface area contributed by atoms with Crippen molar-refractivity contribution in [3.63, 3.8) is 0 Å². The summed E-state index contributed by atoms with van der Waals surface area (Å²) in [5, 5.41) is 21.4. The first-order valence-electron chi connectivity index (χ1n) is 9.49. The lowest BCUT2D eigenvalue weighted by molar-refractivity contribution is 0.0295. The summed E-state index contributed by atoms with van der Waals surface area (Å²) in [6.45, 7) is 4.90. The number of aliphatic hydroxyl groups excluding tert-OH is 2. The van der Waals surface area contributed by atoms with Gasteiger partial charge in [-0.15, -0.1) is 0 Å². The van der Waals surface area contributed by atoms with Crippen molar-refractivity contribution in [2.75, 3.05) is 39.6 Å². The Morgan fingerprint density at radius 1 is 0.783 bits per heavy atom. The highest BCUT2D eigenvalue weighted by molar-refractivity contribution is 4.55. The summed E-state index contributed by atoms with van der Waals surface area (Å²) in [5.74, 6) is 0. The van der Waals surface area contributed by atoms with E-state index in [0.29, 0.717) is 33.0 Å². The zero-order valence-electron chi connectivity index (χ0n) is 15.1. The summed E-state index contributed by atoms with van der Waals surface area (Å²) in [6.07, 6.45) is 12.1. The van der Waals surface area contributed by atoms with Crippen LogP contribution in [0, 0.1) is 0 Å². The van der Waals surface area contributed by atoms with Gasteiger partial charge in [0.1, 0.15) is 6.23 Å². The molecule has 5 heteroatoms. The Hall–Kier alpha value is -0.200. The second-order valence-corrected chi connectivity index (χ2v) is 6.04. The Kier molecular flexibility index (Phi) is 19.7. The number of rotatable bonds is 19. The van der Waals surface area contributed by atoms with Crippen LogP contribution in [0.2, 0.25) is 0 Å². The van der Waals surface area contributed by atoms with Gasteiger partial charge in [0.05, 0.1) is 33.0 Å². The number of unbranched alkanes of at least 4 members (excludes halogenated alkanes) is 8. The Morgan fingerprint density at radius 2 is 1.35 bits per heavy atom. The fraction of sp³-hybridized carbons (Fsp3) is 1.00. The first-order valence-corrected chi connectivity index (χ1v) is 9.49. The molecule has 0 amide bonds. The third-order valence-electron chi connectivity index (χ3n) is 3.82. The van der Waals surface area contributed by atoms with Crippen LogP contribution >= 0.6 is 0 Å². The minimum atomic E-state index is -0.422. The summed E-state index contributed by atoms with van der Waals surface area (Å²) >= 11 is 0. The molecule has 0 rings (SSSR count). The predicted molar refractivity (Wildman–Crippen MR) is 94.6 cm³/mol. The van der Waals surface area contributed by atoms with Crippen molar-refractivity contribution < 1.29 is 19.7 Å². The van der Waals surface area contributed by atoms with Crippen molar-refractivity contribution in [3.05, 3.63) is 0 Å². The molecule has 0 saturated heterocycles. The van der Waals surface area contributed by atoms with Crippen molar-refractivity contribution in [2.24, 2.45) is 0 Å². The van der Waals surface area contributed by atoms with Gasteiger partial charge in [-0.1, -0.05) is 58.3 Å². The SMILES string of the molecule is CCCCCCCCCCCC(O)NCCOCCOCCO. The standard InChI is InChI=1S/C18H39NO4/c1-2-3-4-5-6-7-8-9-10-11-18(21)19-12-14-22-16-17-23-15-13-20/h18-21H,2-17H2,1H3. The van der Waals surface area contributed by atoms with Crippen LogP contribution in [0.1, 0.15) is 71.1 Å². The summed E-state index contributed by atoms with van der Waals surface area (Å²) < 4.78 is 10.4. The molecule has 0 aromatic rings. The van der Waals surface area contributed by atoms with E-state index in [1.807, 2.05) is 0 Å². The topological polar surface area (TPSA) is 71.0 Å². The number of hydrogen-bond donors (Lipinski definition) is 3. The highest BCUT2D eigenvalue weighted by Crippen LogP contribution is 2.10. The number of aliphatic hydroxyl groups is 2. The van der Waals surface area contributed by atoms with Crippen LogP contribution in [0.15, 0.2) is 0 Å². The molecule has 0 aliphatic heterocycles. The molecule has 0 aliphatic carbocycles. The Morgan fingerprint density at radius 3 is 1.96 bits per heavy atom. The minimum Gasteiger partial charge on any atom is -0.394 e. The van der Waals surface area contributed by atoms with Crippen LogP contribution in [0.25, 0.3) is 0 Å². The first-order chi connectivity index (χ1) is 11.3. The van der Waals surface area contributed by atoms with Gasteiger partial charge in [-0.3, -0.25) is 5.32 Å². The second kappa shape index (κ2) is 19.8. The van der Waals surface area contributed by atoms with Crippen molar-refractivity contribution in [1.29, 1.82) is 0 Å². The van der Waals surface area contributed by atoms with E-state index in [9.17, 15) is 5.11 Å². The van der Waals surface area contributed by atoms with Crippen LogP contribution in [0.5, 0.6) is 0 Å². The predicted octanol–water partition coefficient (Wildman–Crippen LogP) is 2.84. The molecule has 0 fully saturated rings. The monoisotopic (exact) mass is 333 g/mol. The maximum Gasteiger partial charge on any atom is 0.104 e. The Balaban J connectivity index is 3.11. The molecule has 0 saturated carbocycles. The molecule has 0 aliphatic rings. The number of nitrogens with one attached hydrogen (secondary N) is 1. The van der Waals surface area contributed by atoms with Gasteiger partial charge >= 0.3 is 0 Å². The lowest BCUT2D eigenvalue weighted by atomic mass is 10.1. The average molecular weight is 334 g/mol. The molecule has 0 aromatic carbocycles. The second-order valence-electron chi connectivity index (χ2n) is 6.04. The van der Waals surface area contributed by atoms with Crippen LogP contribution in [0.3, 0.4) is 0 Å². The van der Waals surface area contributed by atoms with E-state index in [1.54, 1.807) is 0 Å². The first kappa shape index (κ1) is 22.8. The minimum absolute atomic E-state index is 0.0482. The summed E-state index contributed by atoms with van der Waals surface area (Å²) in [7, 11) is 0. The Bertz CT molecular complexity index is 217. The lowest BCUT2D eigenvalue weighted by Crippen LogP contribution is -2.31. The Labute approximate surface area is 142 Å². The lowest BCUT2D eigenvalue weighted by Gasteiger charge is -2.13. The fourth-order valence-corrected chi connectivity index (χ4v) is 2.43. The molecule has 3 N–H and O–H groups in total. The largest absolute Gasteiger partial charge is 0.394 e. The molecular formula is C18H39NO4. The molecule has 1 atom stereocenters. The van der Waals surface area contributed by atoms with Crippen LogP contribution in [-0.2, 0) is 9.47 Å². The van der Waals surface area contributed by atoms with Crippen molar-refractivity contribution in [1.82, 2.24) is 5.32 Å². The van der Waals surface area contributed by atoms with Gasteiger partial charge in [-0.05, 0) is 12.8 Å². The average Bonchev–Trinajstić information content (AvgIpc) is 2.56. The summed E-state index contributed by atoms with van der Waals surface area (Å²) in [5.41, 5.74) is 0. The van der Waals surface area contributed by atoms with E-state index in [1.165, 1.54) is 51.4 Å². The van der Waals surface area contributed by atoms with Crippen LogP contribution in [-0.4, -0.2) is 56.0 Å². The highest BCUT2D eigenvalue weighted by Gasteiger charge is 2.02. The maximum absolute atomic E-state index is 9.80. The van der Waals surface area contributed by atoms with Crippen molar-refractivity contribution in [3.8, 4) is 0 Å². The van der Waals surface area contributed by atoms with Crippen molar-refractivity contribution >= 4 is 0 Å². The van der Waals surface area contributed by atoms with E-state index < -0.39 is 6.23 Å². The van der Waals surface area contributed by atoms with Crippen LogP contribution < -0.4 is 5.32 Å².